The highest BCUT2D eigenvalue weighted by atomic mass is 32.2. The van der Waals surface area contributed by atoms with Crippen molar-refractivity contribution in [3.63, 3.8) is 0 Å². The van der Waals surface area contributed by atoms with Crippen molar-refractivity contribution in [2.75, 3.05) is 6.54 Å². The molecule has 1 N–H and O–H groups in total. The molecule has 2 rings (SSSR count). The first kappa shape index (κ1) is 13.8. The summed E-state index contributed by atoms with van der Waals surface area (Å²) in [4.78, 5) is 10.3. The van der Waals surface area contributed by atoms with Gasteiger partial charge in [0.05, 0.1) is 11.7 Å². The highest BCUT2D eigenvalue weighted by Gasteiger charge is 2.18. The minimum Gasteiger partial charge on any atom is -0.550 e. The van der Waals surface area contributed by atoms with Crippen molar-refractivity contribution in [2.24, 2.45) is 0 Å². The number of rotatable bonds is 6. The standard InChI is InChI=1S/C10H11N3O4S2/c14-9(15)5-2-6-11-19(16,17)8-4-1-3-7-10(8)13-18-12-7/h1,3-4,11H,2,5-6H2,(H,14,15)/p-1. The fourth-order valence-electron chi connectivity index (χ4n) is 1.52. The summed E-state index contributed by atoms with van der Waals surface area (Å²) >= 11 is 0.937. The van der Waals surface area contributed by atoms with E-state index in [1.165, 1.54) is 6.07 Å². The smallest absolute Gasteiger partial charge is 0.242 e. The van der Waals surface area contributed by atoms with Crippen molar-refractivity contribution < 1.29 is 18.3 Å². The molecule has 102 valence electrons. The van der Waals surface area contributed by atoms with Crippen LogP contribution >= 0.6 is 11.7 Å². The minimum absolute atomic E-state index is 0.0320. The maximum absolute atomic E-state index is 12.1. The number of carbonyl (C=O) groups is 1. The number of hydrogen-bond acceptors (Lipinski definition) is 7. The van der Waals surface area contributed by atoms with Gasteiger partial charge in [-0.15, -0.1) is 0 Å². The normalized spacial score (nSPS) is 11.8. The van der Waals surface area contributed by atoms with Crippen LogP contribution in [-0.2, 0) is 14.8 Å². The predicted molar refractivity (Wildman–Crippen MR) is 66.8 cm³/mol. The van der Waals surface area contributed by atoms with Crippen molar-refractivity contribution in [1.29, 1.82) is 0 Å². The summed E-state index contributed by atoms with van der Waals surface area (Å²) in [5.74, 6) is -1.20. The molecule has 0 spiro atoms. The number of nitrogens with one attached hydrogen (secondary N) is 1. The molecule has 9 heteroatoms. The van der Waals surface area contributed by atoms with Crippen LogP contribution in [0.3, 0.4) is 0 Å². The molecule has 0 aliphatic heterocycles. The fraction of sp³-hybridized carbons (Fsp3) is 0.300. The molecular formula is C10H10N3O4S2-. The van der Waals surface area contributed by atoms with Crippen LogP contribution in [0.5, 0.6) is 0 Å². The van der Waals surface area contributed by atoms with Gasteiger partial charge < -0.3 is 9.90 Å². The lowest BCUT2D eigenvalue weighted by molar-refractivity contribution is -0.305. The monoisotopic (exact) mass is 300 g/mol. The lowest BCUT2D eigenvalue weighted by Gasteiger charge is -2.07. The number of hydrogen-bond donors (Lipinski definition) is 1. The van der Waals surface area contributed by atoms with Gasteiger partial charge in [0, 0.05) is 12.5 Å². The zero-order valence-electron chi connectivity index (χ0n) is 9.70. The van der Waals surface area contributed by atoms with E-state index in [0.717, 1.165) is 11.7 Å². The highest BCUT2D eigenvalue weighted by molar-refractivity contribution is 7.89. The molecule has 0 saturated heterocycles. The van der Waals surface area contributed by atoms with Gasteiger partial charge >= 0.3 is 0 Å². The third-order valence-corrected chi connectivity index (χ3v) is 4.42. The maximum atomic E-state index is 12.1. The van der Waals surface area contributed by atoms with E-state index in [1.54, 1.807) is 12.1 Å². The second-order valence-electron chi connectivity index (χ2n) is 3.76. The Balaban J connectivity index is 2.15. The van der Waals surface area contributed by atoms with E-state index in [4.69, 9.17) is 0 Å². The lowest BCUT2D eigenvalue weighted by atomic mass is 10.3. The number of aromatic nitrogens is 2. The molecule has 2 aromatic rings. The summed E-state index contributed by atoms with van der Waals surface area (Å²) in [6, 6.07) is 4.69. The molecule has 0 unspecified atom stereocenters. The second kappa shape index (κ2) is 5.59. The number of carboxylic acids is 1. The topological polar surface area (TPSA) is 112 Å². The minimum atomic E-state index is -3.71. The van der Waals surface area contributed by atoms with Gasteiger partial charge in [0.1, 0.15) is 15.9 Å². The van der Waals surface area contributed by atoms with Crippen molar-refractivity contribution in [1.82, 2.24) is 13.5 Å². The summed E-state index contributed by atoms with van der Waals surface area (Å²) in [7, 11) is -3.71. The Morgan fingerprint density at radius 1 is 1.37 bits per heavy atom. The van der Waals surface area contributed by atoms with Gasteiger partial charge in [0.2, 0.25) is 10.0 Å². The van der Waals surface area contributed by atoms with E-state index in [2.05, 4.69) is 13.5 Å². The first-order chi connectivity index (χ1) is 9.00. The Bertz CT molecular complexity index is 696. The van der Waals surface area contributed by atoms with Crippen LogP contribution in [0.15, 0.2) is 23.1 Å². The molecule has 0 fully saturated rings. The Kier molecular flexibility index (Phi) is 4.08. The molecule has 0 radical (unpaired) electrons. The SMILES string of the molecule is O=C([O-])CCCNS(=O)(=O)c1cccc2nsnc12. The zero-order valence-corrected chi connectivity index (χ0v) is 11.3. The zero-order chi connectivity index (χ0) is 13.9. The first-order valence-electron chi connectivity index (χ1n) is 5.41. The number of sulfonamides is 1. The van der Waals surface area contributed by atoms with Gasteiger partial charge in [-0.3, -0.25) is 0 Å². The van der Waals surface area contributed by atoms with Crippen LogP contribution in [0.4, 0.5) is 0 Å². The van der Waals surface area contributed by atoms with Crippen LogP contribution in [0.25, 0.3) is 11.0 Å². The van der Waals surface area contributed by atoms with E-state index in [9.17, 15) is 18.3 Å². The van der Waals surface area contributed by atoms with E-state index in [0.29, 0.717) is 11.0 Å². The van der Waals surface area contributed by atoms with Gasteiger partial charge in [-0.25, -0.2) is 13.1 Å². The summed E-state index contributed by atoms with van der Waals surface area (Å²) in [6.07, 6.45) is -0.0160. The molecule has 19 heavy (non-hydrogen) atoms. The third-order valence-electron chi connectivity index (χ3n) is 2.39. The van der Waals surface area contributed by atoms with E-state index >= 15 is 0 Å². The predicted octanol–water partition coefficient (Wildman–Crippen LogP) is -0.500. The molecule has 0 amide bonds. The number of carboxylic acid groups (broad SMARTS) is 1. The summed E-state index contributed by atoms with van der Waals surface area (Å²) in [5, 5.41) is 10.2. The Morgan fingerprint density at radius 3 is 2.89 bits per heavy atom. The molecule has 1 aromatic carbocycles. The van der Waals surface area contributed by atoms with Crippen LogP contribution in [0.2, 0.25) is 0 Å². The second-order valence-corrected chi connectivity index (χ2v) is 6.03. The Hall–Kier alpha value is -1.58. The van der Waals surface area contributed by atoms with Crippen molar-refractivity contribution in [3.8, 4) is 0 Å². The van der Waals surface area contributed by atoms with Crippen LogP contribution in [0.1, 0.15) is 12.8 Å². The average molecular weight is 300 g/mol. The maximum Gasteiger partial charge on any atom is 0.242 e. The molecule has 7 nitrogen and oxygen atoms in total. The van der Waals surface area contributed by atoms with Crippen molar-refractivity contribution in [2.45, 2.75) is 17.7 Å². The van der Waals surface area contributed by atoms with Gasteiger partial charge in [-0.1, -0.05) is 6.07 Å². The van der Waals surface area contributed by atoms with Crippen molar-refractivity contribution >= 4 is 38.8 Å². The van der Waals surface area contributed by atoms with Gasteiger partial charge in [-0.2, -0.15) is 8.75 Å². The lowest BCUT2D eigenvalue weighted by Crippen LogP contribution is -2.27. The van der Waals surface area contributed by atoms with Crippen LogP contribution < -0.4 is 9.83 Å². The van der Waals surface area contributed by atoms with Gasteiger partial charge in [-0.05, 0) is 25.0 Å². The summed E-state index contributed by atoms with van der Waals surface area (Å²) in [5.41, 5.74) is 0.836. The van der Waals surface area contributed by atoms with E-state index in [-0.39, 0.29) is 24.3 Å². The van der Waals surface area contributed by atoms with E-state index in [1.807, 2.05) is 0 Å². The number of carbonyl (C=O) groups excluding carboxylic acids is 1. The molecule has 1 aromatic heterocycles. The molecular weight excluding hydrogens is 290 g/mol. The highest BCUT2D eigenvalue weighted by Crippen LogP contribution is 2.20. The molecule has 0 saturated carbocycles. The quantitative estimate of drug-likeness (QED) is 0.720. The average Bonchev–Trinajstić information content (AvgIpc) is 2.82. The number of fused-ring (bicyclic) bond motifs is 1. The molecule has 0 aliphatic carbocycles. The fourth-order valence-corrected chi connectivity index (χ4v) is 3.35. The van der Waals surface area contributed by atoms with Gasteiger partial charge in [0.15, 0.2) is 0 Å². The van der Waals surface area contributed by atoms with Crippen LogP contribution in [0, 0.1) is 0 Å². The number of nitrogens with zero attached hydrogens (tertiary/aromatic N) is 2. The Morgan fingerprint density at radius 2 is 2.16 bits per heavy atom. The first-order valence-corrected chi connectivity index (χ1v) is 7.63. The summed E-state index contributed by atoms with van der Waals surface area (Å²) in [6.45, 7) is 0.0320. The van der Waals surface area contributed by atoms with Crippen molar-refractivity contribution in [3.05, 3.63) is 18.2 Å². The number of aliphatic carboxylic acids is 1. The molecule has 1 heterocycles. The molecule has 0 bridgehead atoms. The largest absolute Gasteiger partial charge is 0.550 e. The third kappa shape index (κ3) is 3.25. The summed E-state index contributed by atoms with van der Waals surface area (Å²) < 4.78 is 34.3. The molecule has 0 atom stereocenters. The van der Waals surface area contributed by atoms with Crippen LogP contribution in [-0.4, -0.2) is 29.7 Å². The van der Waals surface area contributed by atoms with E-state index < -0.39 is 16.0 Å². The molecule has 0 aliphatic rings. The van der Waals surface area contributed by atoms with Gasteiger partial charge in [0.25, 0.3) is 0 Å². The number of benzene rings is 1. The Labute approximate surface area is 113 Å².